The van der Waals surface area contributed by atoms with E-state index in [2.05, 4.69) is 39.7 Å². The van der Waals surface area contributed by atoms with E-state index in [-0.39, 0.29) is 5.91 Å². The second kappa shape index (κ2) is 8.91. The average molecular weight is 361 g/mol. The molecule has 27 heavy (non-hydrogen) atoms. The molecule has 3 aromatic rings. The molecule has 3 rings (SSSR count). The van der Waals surface area contributed by atoms with Gasteiger partial charge in [-0.2, -0.15) is 0 Å². The van der Waals surface area contributed by atoms with Crippen LogP contribution < -0.4 is 16.4 Å². The summed E-state index contributed by atoms with van der Waals surface area (Å²) in [5, 5.41) is 6.01. The predicted octanol–water partition coefficient (Wildman–Crippen LogP) is 3.27. The molecule has 138 valence electrons. The number of rotatable bonds is 7. The SMILES string of the molecule is Cc1ccc(-c2ccnc(Nc3ccc(C(=O)NCCCN)cc3)n2)cc1. The predicted molar refractivity (Wildman–Crippen MR) is 108 cm³/mol. The van der Waals surface area contributed by atoms with E-state index in [1.54, 1.807) is 18.3 Å². The second-order valence-electron chi connectivity index (χ2n) is 6.23. The van der Waals surface area contributed by atoms with Gasteiger partial charge in [-0.1, -0.05) is 29.8 Å². The largest absolute Gasteiger partial charge is 0.352 e. The van der Waals surface area contributed by atoms with Gasteiger partial charge in [0.2, 0.25) is 5.95 Å². The van der Waals surface area contributed by atoms with Crippen molar-refractivity contribution < 1.29 is 4.79 Å². The highest BCUT2D eigenvalue weighted by atomic mass is 16.1. The molecule has 6 heteroatoms. The molecule has 1 aromatic heterocycles. The van der Waals surface area contributed by atoms with Gasteiger partial charge in [0.1, 0.15) is 0 Å². The summed E-state index contributed by atoms with van der Waals surface area (Å²) in [4.78, 5) is 20.9. The molecule has 0 aliphatic carbocycles. The number of nitrogens with one attached hydrogen (secondary N) is 2. The minimum absolute atomic E-state index is 0.104. The minimum atomic E-state index is -0.104. The molecule has 0 spiro atoms. The van der Waals surface area contributed by atoms with E-state index in [0.29, 0.717) is 24.6 Å². The van der Waals surface area contributed by atoms with Crippen LogP contribution in [0.15, 0.2) is 60.8 Å². The number of aryl methyl sites for hydroxylation is 1. The van der Waals surface area contributed by atoms with E-state index >= 15 is 0 Å². The summed E-state index contributed by atoms with van der Waals surface area (Å²) in [7, 11) is 0. The van der Waals surface area contributed by atoms with Crippen LogP contribution in [0.2, 0.25) is 0 Å². The first-order valence-corrected chi connectivity index (χ1v) is 8.91. The van der Waals surface area contributed by atoms with E-state index in [1.807, 2.05) is 30.3 Å². The van der Waals surface area contributed by atoms with Crippen molar-refractivity contribution in [2.75, 3.05) is 18.4 Å². The number of carbonyl (C=O) groups is 1. The van der Waals surface area contributed by atoms with Gasteiger partial charge in [0.15, 0.2) is 0 Å². The van der Waals surface area contributed by atoms with Gasteiger partial charge in [-0.3, -0.25) is 4.79 Å². The van der Waals surface area contributed by atoms with E-state index in [0.717, 1.165) is 23.4 Å². The van der Waals surface area contributed by atoms with Crippen LogP contribution in [0.25, 0.3) is 11.3 Å². The maximum atomic E-state index is 12.0. The van der Waals surface area contributed by atoms with Crippen LogP contribution >= 0.6 is 0 Å². The number of hydrogen-bond donors (Lipinski definition) is 3. The molecule has 0 radical (unpaired) electrons. The quantitative estimate of drug-likeness (QED) is 0.562. The van der Waals surface area contributed by atoms with Crippen LogP contribution in [0.4, 0.5) is 11.6 Å². The first-order valence-electron chi connectivity index (χ1n) is 8.91. The van der Waals surface area contributed by atoms with E-state index in [9.17, 15) is 4.79 Å². The Morgan fingerprint density at radius 2 is 1.78 bits per heavy atom. The lowest BCUT2D eigenvalue weighted by molar-refractivity contribution is 0.0953. The Balaban J connectivity index is 1.67. The second-order valence-corrected chi connectivity index (χ2v) is 6.23. The molecule has 0 unspecified atom stereocenters. The van der Waals surface area contributed by atoms with Crippen LogP contribution in [0.5, 0.6) is 0 Å². The zero-order chi connectivity index (χ0) is 19.1. The van der Waals surface area contributed by atoms with Crippen LogP contribution in [-0.4, -0.2) is 29.0 Å². The molecule has 1 heterocycles. The summed E-state index contributed by atoms with van der Waals surface area (Å²) in [5.74, 6) is 0.404. The molecular formula is C21H23N5O. The van der Waals surface area contributed by atoms with E-state index < -0.39 is 0 Å². The van der Waals surface area contributed by atoms with Crippen molar-refractivity contribution in [2.24, 2.45) is 5.73 Å². The van der Waals surface area contributed by atoms with Crippen LogP contribution in [0, 0.1) is 6.92 Å². The smallest absolute Gasteiger partial charge is 0.251 e. The molecule has 0 fully saturated rings. The van der Waals surface area contributed by atoms with Gasteiger partial charge in [0.05, 0.1) is 5.69 Å². The Hall–Kier alpha value is -3.25. The Morgan fingerprint density at radius 1 is 1.04 bits per heavy atom. The van der Waals surface area contributed by atoms with Gasteiger partial charge in [-0.25, -0.2) is 9.97 Å². The molecule has 0 bridgehead atoms. The van der Waals surface area contributed by atoms with Crippen molar-refractivity contribution in [3.05, 3.63) is 71.9 Å². The lowest BCUT2D eigenvalue weighted by Crippen LogP contribution is -2.25. The molecule has 2 aromatic carbocycles. The number of anilines is 2. The number of aromatic nitrogens is 2. The molecular weight excluding hydrogens is 338 g/mol. The molecule has 4 N–H and O–H groups in total. The number of hydrogen-bond acceptors (Lipinski definition) is 5. The maximum Gasteiger partial charge on any atom is 0.251 e. The lowest BCUT2D eigenvalue weighted by atomic mass is 10.1. The third kappa shape index (κ3) is 5.12. The number of carbonyl (C=O) groups excluding carboxylic acids is 1. The fraction of sp³-hybridized carbons (Fsp3) is 0.190. The summed E-state index contributed by atoms with van der Waals surface area (Å²) in [5.41, 5.74) is 9.94. The highest BCUT2D eigenvalue weighted by molar-refractivity contribution is 5.94. The summed E-state index contributed by atoms with van der Waals surface area (Å²) in [6.07, 6.45) is 2.49. The highest BCUT2D eigenvalue weighted by Crippen LogP contribution is 2.20. The third-order valence-corrected chi connectivity index (χ3v) is 4.07. The number of nitrogens with two attached hydrogens (primary N) is 1. The highest BCUT2D eigenvalue weighted by Gasteiger charge is 2.06. The standard InChI is InChI=1S/C21H23N5O/c1-15-3-5-16(6-4-15)19-11-14-24-21(26-19)25-18-9-7-17(8-10-18)20(27)23-13-2-12-22/h3-11,14H,2,12-13,22H2,1H3,(H,23,27)(H,24,25,26). The van der Waals surface area contributed by atoms with Crippen molar-refractivity contribution in [1.82, 2.24) is 15.3 Å². The third-order valence-electron chi connectivity index (χ3n) is 4.07. The molecule has 0 aliphatic heterocycles. The molecule has 0 aliphatic rings. The number of amides is 1. The normalized spacial score (nSPS) is 10.4. The Morgan fingerprint density at radius 3 is 2.48 bits per heavy atom. The Labute approximate surface area is 158 Å². The van der Waals surface area contributed by atoms with Crippen molar-refractivity contribution in [3.63, 3.8) is 0 Å². The van der Waals surface area contributed by atoms with Gasteiger partial charge in [-0.05, 0) is 50.2 Å². The molecule has 0 saturated carbocycles. The molecule has 0 saturated heterocycles. The number of benzene rings is 2. The van der Waals surface area contributed by atoms with Gasteiger partial charge < -0.3 is 16.4 Å². The van der Waals surface area contributed by atoms with Crippen LogP contribution in [0.3, 0.4) is 0 Å². The maximum absolute atomic E-state index is 12.0. The summed E-state index contributed by atoms with van der Waals surface area (Å²) in [6.45, 7) is 3.19. The molecule has 0 atom stereocenters. The summed E-state index contributed by atoms with van der Waals surface area (Å²) < 4.78 is 0. The van der Waals surface area contributed by atoms with Crippen molar-refractivity contribution >= 4 is 17.5 Å². The Kier molecular flexibility index (Phi) is 6.12. The molecule has 6 nitrogen and oxygen atoms in total. The van der Waals surface area contributed by atoms with E-state index in [1.165, 1.54) is 5.56 Å². The molecule has 1 amide bonds. The first-order chi connectivity index (χ1) is 13.2. The summed E-state index contributed by atoms with van der Waals surface area (Å²) >= 11 is 0. The lowest BCUT2D eigenvalue weighted by Gasteiger charge is -2.08. The van der Waals surface area contributed by atoms with Crippen LogP contribution in [-0.2, 0) is 0 Å². The van der Waals surface area contributed by atoms with Gasteiger partial charge in [0.25, 0.3) is 5.91 Å². The zero-order valence-corrected chi connectivity index (χ0v) is 15.3. The number of nitrogens with zero attached hydrogens (tertiary/aromatic N) is 2. The van der Waals surface area contributed by atoms with Gasteiger partial charge >= 0.3 is 0 Å². The minimum Gasteiger partial charge on any atom is -0.352 e. The monoisotopic (exact) mass is 361 g/mol. The fourth-order valence-electron chi connectivity index (χ4n) is 2.54. The van der Waals surface area contributed by atoms with Crippen molar-refractivity contribution in [2.45, 2.75) is 13.3 Å². The van der Waals surface area contributed by atoms with Crippen LogP contribution in [0.1, 0.15) is 22.3 Å². The first kappa shape index (κ1) is 18.5. The van der Waals surface area contributed by atoms with Crippen molar-refractivity contribution in [3.8, 4) is 11.3 Å². The average Bonchev–Trinajstić information content (AvgIpc) is 2.69. The van der Waals surface area contributed by atoms with Gasteiger partial charge in [0, 0.05) is 29.6 Å². The zero-order valence-electron chi connectivity index (χ0n) is 15.3. The fourth-order valence-corrected chi connectivity index (χ4v) is 2.54. The Bertz CT molecular complexity index is 891. The topological polar surface area (TPSA) is 92.9 Å². The van der Waals surface area contributed by atoms with Crippen molar-refractivity contribution in [1.29, 1.82) is 0 Å². The van der Waals surface area contributed by atoms with E-state index in [4.69, 9.17) is 5.73 Å². The van der Waals surface area contributed by atoms with Gasteiger partial charge in [-0.15, -0.1) is 0 Å². The summed E-state index contributed by atoms with van der Waals surface area (Å²) in [6, 6.07) is 17.3.